The van der Waals surface area contributed by atoms with Gasteiger partial charge in [0.05, 0.1) is 12.5 Å². The topological polar surface area (TPSA) is 102 Å². The molecule has 22 heavy (non-hydrogen) atoms. The second-order valence-electron chi connectivity index (χ2n) is 4.94. The molecule has 1 aromatic heterocycles. The standard InChI is InChI=1S/C15H19N5O2/c1-10(2)22-15-13(16)14(17-9-18-15)20-19-12(21)8-11-6-4-3-5-7-11/h3-7,9-10H,8,16H2,1-2H3,(H,19,21)(H,17,18,20). The first-order valence-electron chi connectivity index (χ1n) is 6.92. The number of amides is 1. The molecule has 0 aliphatic heterocycles. The third-order valence-electron chi connectivity index (χ3n) is 2.72. The van der Waals surface area contributed by atoms with E-state index in [2.05, 4.69) is 20.8 Å². The lowest BCUT2D eigenvalue weighted by atomic mass is 10.1. The third kappa shape index (κ3) is 4.34. The van der Waals surface area contributed by atoms with Crippen molar-refractivity contribution in [3.63, 3.8) is 0 Å². The van der Waals surface area contributed by atoms with Gasteiger partial charge in [0, 0.05) is 0 Å². The number of hydrogen-bond acceptors (Lipinski definition) is 6. The summed E-state index contributed by atoms with van der Waals surface area (Å²) in [5.74, 6) is 0.382. The Bertz CT molecular complexity index is 631. The van der Waals surface area contributed by atoms with Crippen molar-refractivity contribution >= 4 is 17.4 Å². The summed E-state index contributed by atoms with van der Waals surface area (Å²) >= 11 is 0. The lowest BCUT2D eigenvalue weighted by molar-refractivity contribution is -0.119. The van der Waals surface area contributed by atoms with Gasteiger partial charge in [0.2, 0.25) is 11.8 Å². The van der Waals surface area contributed by atoms with Crippen LogP contribution < -0.4 is 21.3 Å². The number of nitrogens with zero attached hydrogens (tertiary/aromatic N) is 2. The minimum absolute atomic E-state index is 0.0577. The van der Waals surface area contributed by atoms with Crippen molar-refractivity contribution in [3.8, 4) is 5.88 Å². The quantitative estimate of drug-likeness (QED) is 0.699. The molecular formula is C15H19N5O2. The molecule has 0 radical (unpaired) electrons. The molecule has 4 N–H and O–H groups in total. The number of nitrogens with two attached hydrogens (primary N) is 1. The van der Waals surface area contributed by atoms with Crippen LogP contribution in [-0.4, -0.2) is 22.0 Å². The number of aromatic nitrogens is 2. The first-order valence-corrected chi connectivity index (χ1v) is 6.92. The van der Waals surface area contributed by atoms with Crippen molar-refractivity contribution in [3.05, 3.63) is 42.2 Å². The lowest BCUT2D eigenvalue weighted by Crippen LogP contribution is -2.31. The van der Waals surface area contributed by atoms with Crippen molar-refractivity contribution in [1.29, 1.82) is 0 Å². The third-order valence-corrected chi connectivity index (χ3v) is 2.72. The maximum absolute atomic E-state index is 11.9. The van der Waals surface area contributed by atoms with Gasteiger partial charge in [-0.3, -0.25) is 15.6 Å². The fourth-order valence-electron chi connectivity index (χ4n) is 1.75. The number of nitrogen functional groups attached to an aromatic ring is 1. The Morgan fingerprint density at radius 1 is 1.27 bits per heavy atom. The average Bonchev–Trinajstić information content (AvgIpc) is 2.49. The van der Waals surface area contributed by atoms with Crippen molar-refractivity contribution in [2.45, 2.75) is 26.4 Å². The van der Waals surface area contributed by atoms with Gasteiger partial charge in [0.15, 0.2) is 5.82 Å². The molecule has 0 fully saturated rings. The minimum Gasteiger partial charge on any atom is -0.473 e. The van der Waals surface area contributed by atoms with Gasteiger partial charge >= 0.3 is 0 Å². The molecule has 0 saturated carbocycles. The van der Waals surface area contributed by atoms with Crippen molar-refractivity contribution < 1.29 is 9.53 Å². The number of nitrogens with one attached hydrogen (secondary N) is 2. The monoisotopic (exact) mass is 301 g/mol. The summed E-state index contributed by atoms with van der Waals surface area (Å²) in [6.45, 7) is 3.74. The number of benzene rings is 1. The molecule has 1 heterocycles. The summed E-state index contributed by atoms with van der Waals surface area (Å²) in [5.41, 5.74) is 12.3. The molecule has 0 aliphatic carbocycles. The first-order chi connectivity index (χ1) is 10.6. The molecule has 0 bridgehead atoms. The highest BCUT2D eigenvalue weighted by Crippen LogP contribution is 2.24. The number of anilines is 2. The van der Waals surface area contributed by atoms with Crippen molar-refractivity contribution in [2.24, 2.45) is 0 Å². The molecule has 0 unspecified atom stereocenters. The summed E-state index contributed by atoms with van der Waals surface area (Å²) in [5, 5.41) is 0. The zero-order chi connectivity index (χ0) is 15.9. The second-order valence-corrected chi connectivity index (χ2v) is 4.94. The van der Waals surface area contributed by atoms with Crippen LogP contribution in [0.4, 0.5) is 11.5 Å². The number of carbonyl (C=O) groups is 1. The number of hydrogen-bond donors (Lipinski definition) is 3. The Labute approximate surface area is 128 Å². The molecule has 7 heteroatoms. The van der Waals surface area contributed by atoms with Crippen LogP contribution in [0.15, 0.2) is 36.7 Å². The molecular weight excluding hydrogens is 282 g/mol. The first kappa shape index (κ1) is 15.6. The molecule has 0 atom stereocenters. The maximum atomic E-state index is 11.9. The zero-order valence-electron chi connectivity index (χ0n) is 12.5. The van der Waals surface area contributed by atoms with Crippen LogP contribution in [0.1, 0.15) is 19.4 Å². The molecule has 1 amide bonds. The zero-order valence-corrected chi connectivity index (χ0v) is 12.5. The molecule has 0 saturated heterocycles. The van der Waals surface area contributed by atoms with E-state index >= 15 is 0 Å². The summed E-state index contributed by atoms with van der Waals surface area (Å²) in [6, 6.07) is 9.43. The van der Waals surface area contributed by atoms with Crippen molar-refractivity contribution in [1.82, 2.24) is 15.4 Å². The lowest BCUT2D eigenvalue weighted by Gasteiger charge is -2.14. The average molecular weight is 301 g/mol. The van der Waals surface area contributed by atoms with Crippen LogP contribution in [-0.2, 0) is 11.2 Å². The van der Waals surface area contributed by atoms with Crippen LogP contribution in [0.5, 0.6) is 5.88 Å². The van der Waals surface area contributed by atoms with E-state index in [1.165, 1.54) is 6.33 Å². The summed E-state index contributed by atoms with van der Waals surface area (Å²) in [7, 11) is 0. The fourth-order valence-corrected chi connectivity index (χ4v) is 1.75. The van der Waals surface area contributed by atoms with Crippen LogP contribution in [0.25, 0.3) is 0 Å². The summed E-state index contributed by atoms with van der Waals surface area (Å²) in [4.78, 5) is 19.8. The Balaban J connectivity index is 1.95. The summed E-state index contributed by atoms with van der Waals surface area (Å²) in [6.07, 6.45) is 1.52. The predicted octanol–water partition coefficient (Wildman–Crippen LogP) is 1.53. The molecule has 0 spiro atoms. The Morgan fingerprint density at radius 3 is 2.68 bits per heavy atom. The highest BCUT2D eigenvalue weighted by atomic mass is 16.5. The van der Waals surface area contributed by atoms with E-state index < -0.39 is 0 Å². The van der Waals surface area contributed by atoms with Gasteiger partial charge in [-0.25, -0.2) is 4.98 Å². The fraction of sp³-hybridized carbons (Fsp3) is 0.267. The highest BCUT2D eigenvalue weighted by Gasteiger charge is 2.11. The van der Waals surface area contributed by atoms with Gasteiger partial charge < -0.3 is 10.5 Å². The van der Waals surface area contributed by atoms with Crippen LogP contribution >= 0.6 is 0 Å². The Hall–Kier alpha value is -2.83. The van der Waals surface area contributed by atoms with E-state index in [9.17, 15) is 4.79 Å². The van der Waals surface area contributed by atoms with E-state index in [-0.39, 0.29) is 30.0 Å². The molecule has 7 nitrogen and oxygen atoms in total. The number of carbonyl (C=O) groups excluding carboxylic acids is 1. The molecule has 0 aliphatic rings. The maximum Gasteiger partial charge on any atom is 0.242 e. The minimum atomic E-state index is -0.199. The van der Waals surface area contributed by atoms with Gasteiger partial charge in [-0.05, 0) is 19.4 Å². The van der Waals surface area contributed by atoms with Crippen molar-refractivity contribution in [2.75, 3.05) is 11.2 Å². The SMILES string of the molecule is CC(C)Oc1ncnc(NNC(=O)Cc2ccccc2)c1N. The van der Waals surface area contributed by atoms with E-state index in [1.807, 2.05) is 44.2 Å². The van der Waals surface area contributed by atoms with Gasteiger partial charge in [0.1, 0.15) is 12.0 Å². The van der Waals surface area contributed by atoms with Gasteiger partial charge in [-0.15, -0.1) is 0 Å². The molecule has 116 valence electrons. The van der Waals surface area contributed by atoms with Crippen LogP contribution in [0, 0.1) is 0 Å². The van der Waals surface area contributed by atoms with Gasteiger partial charge in [0.25, 0.3) is 0 Å². The summed E-state index contributed by atoms with van der Waals surface area (Å²) < 4.78 is 5.46. The molecule has 2 aromatic rings. The van der Waals surface area contributed by atoms with E-state index in [0.717, 1.165) is 5.56 Å². The number of ether oxygens (including phenoxy) is 1. The molecule has 2 rings (SSSR count). The largest absolute Gasteiger partial charge is 0.473 e. The predicted molar refractivity (Wildman–Crippen MR) is 84.1 cm³/mol. The molecule has 1 aromatic carbocycles. The highest BCUT2D eigenvalue weighted by molar-refractivity contribution is 5.80. The number of hydrazine groups is 1. The van der Waals surface area contributed by atoms with E-state index in [4.69, 9.17) is 10.5 Å². The van der Waals surface area contributed by atoms with Crippen LogP contribution in [0.2, 0.25) is 0 Å². The van der Waals surface area contributed by atoms with Gasteiger partial charge in [-0.2, -0.15) is 4.98 Å². The Morgan fingerprint density at radius 2 is 2.00 bits per heavy atom. The Kier molecular flexibility index (Phi) is 5.13. The second kappa shape index (κ2) is 7.26. The normalized spacial score (nSPS) is 10.3. The van der Waals surface area contributed by atoms with E-state index in [0.29, 0.717) is 5.82 Å². The van der Waals surface area contributed by atoms with Crippen LogP contribution in [0.3, 0.4) is 0 Å². The smallest absolute Gasteiger partial charge is 0.242 e. The number of rotatable bonds is 6. The van der Waals surface area contributed by atoms with E-state index in [1.54, 1.807) is 0 Å². The van der Waals surface area contributed by atoms with Gasteiger partial charge in [-0.1, -0.05) is 30.3 Å².